The standard InChI is InChI=1S/C29H44N2O15Si/c1-14(32)37-12-20-22(39-15(2)33)24(41-17(4)35)25(42-18(5)36)27(43-20)31-13-30-19(11-38-47(8,9)10)21-23(40-16(3)34)26-28(44-21)46-29(6,7)45-26/h19-28H,11-12H2,1-10H3/t19-,20-,21-,22-,23+,24+,25-,26-,27-,28-/m1/s1. The van der Waals surface area contributed by atoms with Gasteiger partial charge in [-0.05, 0) is 33.5 Å². The second-order valence-corrected chi connectivity index (χ2v) is 17.1. The minimum absolute atomic E-state index is 0.0160. The van der Waals surface area contributed by atoms with Crippen molar-refractivity contribution in [1.82, 2.24) is 0 Å². The number of aliphatic imine (C=N–C) groups is 2. The fourth-order valence-corrected chi connectivity index (χ4v) is 5.83. The average Bonchev–Trinajstić information content (AvgIpc) is 3.38. The Hall–Kier alpha value is -3.25. The highest BCUT2D eigenvalue weighted by atomic mass is 28.4. The summed E-state index contributed by atoms with van der Waals surface area (Å²) in [5.41, 5.74) is 0. The van der Waals surface area contributed by atoms with Crippen LogP contribution in [0.25, 0.3) is 0 Å². The molecule has 0 amide bonds. The van der Waals surface area contributed by atoms with Crippen LogP contribution in [0.3, 0.4) is 0 Å². The molecule has 3 aliphatic rings. The predicted octanol–water partition coefficient (Wildman–Crippen LogP) is 1.27. The summed E-state index contributed by atoms with van der Waals surface area (Å²) in [6.07, 6.45) is -10.3. The molecule has 3 fully saturated rings. The first-order chi connectivity index (χ1) is 21.8. The van der Waals surface area contributed by atoms with Gasteiger partial charge in [0.05, 0.1) is 12.6 Å². The van der Waals surface area contributed by atoms with Crippen molar-refractivity contribution < 1.29 is 71.0 Å². The number of rotatable bonds is 12. The lowest BCUT2D eigenvalue weighted by Gasteiger charge is -2.42. The predicted molar refractivity (Wildman–Crippen MR) is 159 cm³/mol. The Labute approximate surface area is 273 Å². The number of fused-ring (bicyclic) bond motifs is 1. The van der Waals surface area contributed by atoms with Crippen LogP contribution in [0.4, 0.5) is 0 Å². The zero-order valence-electron chi connectivity index (χ0n) is 28.2. The number of nitrogens with zero attached hydrogens (tertiary/aromatic N) is 2. The summed E-state index contributed by atoms with van der Waals surface area (Å²) in [5, 5.41) is 0. The first kappa shape index (κ1) is 38.2. The van der Waals surface area contributed by atoms with Crippen LogP contribution < -0.4 is 0 Å². The number of carbonyl (C=O) groups is 5. The van der Waals surface area contributed by atoms with Gasteiger partial charge < -0.3 is 47.1 Å². The Morgan fingerprint density at radius 3 is 1.87 bits per heavy atom. The molecule has 3 heterocycles. The van der Waals surface area contributed by atoms with Crippen LogP contribution >= 0.6 is 0 Å². The fourth-order valence-electron chi connectivity index (χ4n) is 5.15. The molecule has 0 aliphatic carbocycles. The molecule has 3 aliphatic heterocycles. The van der Waals surface area contributed by atoms with E-state index in [9.17, 15) is 24.0 Å². The molecule has 0 N–H and O–H groups in total. The normalized spacial score (nSPS) is 31.7. The van der Waals surface area contributed by atoms with Gasteiger partial charge in [-0.2, -0.15) is 4.99 Å². The highest BCUT2D eigenvalue weighted by Gasteiger charge is 2.58. The Bertz CT molecular complexity index is 1250. The van der Waals surface area contributed by atoms with Gasteiger partial charge in [0.25, 0.3) is 0 Å². The van der Waals surface area contributed by atoms with Gasteiger partial charge in [0.1, 0.15) is 24.9 Å². The van der Waals surface area contributed by atoms with E-state index in [0.717, 1.165) is 20.8 Å². The maximum absolute atomic E-state index is 12.1. The molecule has 3 saturated heterocycles. The summed E-state index contributed by atoms with van der Waals surface area (Å²) in [4.78, 5) is 68.6. The van der Waals surface area contributed by atoms with Gasteiger partial charge in [-0.15, -0.1) is 0 Å². The van der Waals surface area contributed by atoms with Gasteiger partial charge in [0.15, 0.2) is 57.1 Å². The number of hydrogen-bond acceptors (Lipinski definition) is 17. The molecule has 47 heavy (non-hydrogen) atoms. The highest BCUT2D eigenvalue weighted by molar-refractivity contribution is 6.69. The van der Waals surface area contributed by atoms with Crippen LogP contribution in [-0.4, -0.2) is 124 Å². The molecule has 3 rings (SSSR count). The fraction of sp³-hybridized carbons (Fsp3) is 0.793. The third-order valence-electron chi connectivity index (χ3n) is 6.77. The summed E-state index contributed by atoms with van der Waals surface area (Å²) in [5.74, 6) is -4.55. The SMILES string of the molecule is CC(=O)OC[C@H]1O[C@@H](N=C=N[C@H](CO[Si](C)(C)C)[C@H]2O[C@@H]3OC(C)(C)O[C@@H]3[C@H]2OC(C)=O)[C@H](OC(C)=O)[C@@H](OC(C)=O)[C@@H]1OC(C)=O. The first-order valence-corrected chi connectivity index (χ1v) is 18.4. The van der Waals surface area contributed by atoms with E-state index in [0.29, 0.717) is 0 Å². The molecular weight excluding hydrogens is 644 g/mol. The van der Waals surface area contributed by atoms with Gasteiger partial charge in [-0.25, -0.2) is 4.99 Å². The molecule has 0 unspecified atom stereocenters. The van der Waals surface area contributed by atoms with Crippen molar-refractivity contribution >= 4 is 44.2 Å². The Balaban J connectivity index is 2.02. The maximum Gasteiger partial charge on any atom is 0.303 e. The zero-order valence-corrected chi connectivity index (χ0v) is 29.2. The van der Waals surface area contributed by atoms with Gasteiger partial charge in [0, 0.05) is 34.6 Å². The molecule has 264 valence electrons. The van der Waals surface area contributed by atoms with Crippen LogP contribution in [0.5, 0.6) is 0 Å². The second-order valence-electron chi connectivity index (χ2n) is 12.6. The number of ether oxygens (including phenoxy) is 9. The molecule has 0 saturated carbocycles. The molecule has 0 aromatic rings. The molecule has 18 heteroatoms. The third kappa shape index (κ3) is 11.2. The first-order valence-electron chi connectivity index (χ1n) is 15.0. The van der Waals surface area contributed by atoms with Crippen LogP contribution in [0, 0.1) is 0 Å². The quantitative estimate of drug-likeness (QED) is 0.123. The van der Waals surface area contributed by atoms with Crippen molar-refractivity contribution in [2.75, 3.05) is 13.2 Å². The van der Waals surface area contributed by atoms with Crippen molar-refractivity contribution in [3.05, 3.63) is 0 Å². The van der Waals surface area contributed by atoms with E-state index in [1.807, 2.05) is 19.6 Å². The van der Waals surface area contributed by atoms with E-state index >= 15 is 0 Å². The molecule has 17 nitrogen and oxygen atoms in total. The van der Waals surface area contributed by atoms with Crippen LogP contribution in [0.1, 0.15) is 48.5 Å². The molecule has 0 aromatic heterocycles. The van der Waals surface area contributed by atoms with Crippen molar-refractivity contribution in [3.63, 3.8) is 0 Å². The average molecular weight is 689 g/mol. The Kier molecular flexibility index (Phi) is 12.8. The second kappa shape index (κ2) is 15.8. The highest BCUT2D eigenvalue weighted by Crippen LogP contribution is 2.40. The van der Waals surface area contributed by atoms with E-state index in [4.69, 9.17) is 47.1 Å². The number of hydrogen-bond donors (Lipinski definition) is 0. The van der Waals surface area contributed by atoms with Gasteiger partial charge in [-0.3, -0.25) is 24.0 Å². The lowest BCUT2D eigenvalue weighted by molar-refractivity contribution is -0.250. The monoisotopic (exact) mass is 688 g/mol. The van der Waals surface area contributed by atoms with E-state index < -0.39 is 112 Å². The van der Waals surface area contributed by atoms with E-state index in [2.05, 4.69) is 16.0 Å². The number of esters is 5. The van der Waals surface area contributed by atoms with Crippen molar-refractivity contribution in [1.29, 1.82) is 0 Å². The molecule has 0 aromatic carbocycles. The summed E-state index contributed by atoms with van der Waals surface area (Å²) >= 11 is 0. The van der Waals surface area contributed by atoms with E-state index in [1.165, 1.54) is 13.8 Å². The molecular formula is C29H44N2O15Si. The zero-order chi connectivity index (χ0) is 35.3. The maximum atomic E-state index is 12.1. The molecule has 10 atom stereocenters. The summed E-state index contributed by atoms with van der Waals surface area (Å²) in [7, 11) is -2.11. The Morgan fingerprint density at radius 1 is 0.766 bits per heavy atom. The molecule has 0 spiro atoms. The summed E-state index contributed by atoms with van der Waals surface area (Å²) in [6.45, 7) is 14.7. The summed E-state index contributed by atoms with van der Waals surface area (Å²) < 4.78 is 57.0. The van der Waals surface area contributed by atoms with Gasteiger partial charge in [0.2, 0.25) is 0 Å². The molecule has 0 bridgehead atoms. The smallest absolute Gasteiger partial charge is 0.303 e. The minimum atomic E-state index is -2.11. The number of carbonyl (C=O) groups excluding carboxylic acids is 5. The van der Waals surface area contributed by atoms with E-state index in [-0.39, 0.29) is 6.61 Å². The van der Waals surface area contributed by atoms with Crippen LogP contribution in [0.15, 0.2) is 9.98 Å². The van der Waals surface area contributed by atoms with Crippen LogP contribution in [0.2, 0.25) is 19.6 Å². The minimum Gasteiger partial charge on any atom is -0.463 e. The lowest BCUT2D eigenvalue weighted by atomic mass is 9.97. The Morgan fingerprint density at radius 2 is 1.32 bits per heavy atom. The van der Waals surface area contributed by atoms with Crippen molar-refractivity contribution in [2.45, 2.75) is 135 Å². The van der Waals surface area contributed by atoms with Crippen LogP contribution in [-0.2, 0) is 71.0 Å². The van der Waals surface area contributed by atoms with Gasteiger partial charge >= 0.3 is 29.8 Å². The van der Waals surface area contributed by atoms with Crippen molar-refractivity contribution in [2.24, 2.45) is 9.98 Å². The van der Waals surface area contributed by atoms with Crippen molar-refractivity contribution in [3.8, 4) is 0 Å². The van der Waals surface area contributed by atoms with Gasteiger partial charge in [-0.1, -0.05) is 0 Å². The van der Waals surface area contributed by atoms with E-state index in [1.54, 1.807) is 13.8 Å². The topological polar surface area (TPSA) is 202 Å². The summed E-state index contributed by atoms with van der Waals surface area (Å²) in [6, 6.07) is 1.69. The largest absolute Gasteiger partial charge is 0.463 e. The molecule has 0 radical (unpaired) electrons. The lowest BCUT2D eigenvalue weighted by Crippen LogP contribution is -2.61. The third-order valence-corrected chi connectivity index (χ3v) is 7.80.